The summed E-state index contributed by atoms with van der Waals surface area (Å²) < 4.78 is 3.93. The van der Waals surface area contributed by atoms with E-state index >= 15 is 0 Å². The molecule has 0 aliphatic rings. The molecule has 0 saturated heterocycles. The molecule has 0 bridgehead atoms. The maximum Gasteiger partial charge on any atom is 0.471 e. The van der Waals surface area contributed by atoms with Gasteiger partial charge >= 0.3 is 12.4 Å². The molecule has 0 spiro atoms. The standard InChI is InChI=1S/C3H4O4/c4-2-7-1-3(5)6/h2H,1H2,(H,5,6)/p+1. The highest BCUT2D eigenvalue weighted by Crippen LogP contribution is 1.63. The van der Waals surface area contributed by atoms with E-state index in [9.17, 15) is 4.79 Å². The quantitative estimate of drug-likeness (QED) is 0.378. The summed E-state index contributed by atoms with van der Waals surface area (Å²) in [6.45, 7) is -0.148. The van der Waals surface area contributed by atoms with Crippen LogP contribution < -0.4 is 0 Å². The monoisotopic (exact) mass is 105 g/mol. The molecule has 0 aromatic heterocycles. The third-order valence-electron chi connectivity index (χ3n) is 0.281. The van der Waals surface area contributed by atoms with Crippen LogP contribution in [0.2, 0.25) is 0 Å². The Labute approximate surface area is 39.7 Å². The Morgan fingerprint density at radius 1 is 2.00 bits per heavy atom. The zero-order valence-corrected chi connectivity index (χ0v) is 3.50. The van der Waals surface area contributed by atoms with Gasteiger partial charge in [-0.2, -0.15) is 0 Å². The maximum atomic E-state index is 9.50. The van der Waals surface area contributed by atoms with Gasteiger partial charge in [0.25, 0.3) is 6.61 Å². The fraction of sp³-hybridized carbons (Fsp3) is 0.333. The molecule has 0 atom stereocenters. The fourth-order valence-electron chi connectivity index (χ4n) is 0.109. The fourth-order valence-corrected chi connectivity index (χ4v) is 0.109. The predicted octanol–water partition coefficient (Wildman–Crippen LogP) is -0.780. The van der Waals surface area contributed by atoms with Crippen molar-refractivity contribution in [3.05, 3.63) is 0 Å². The number of hydrogen-bond acceptors (Lipinski definition) is 2. The number of carbonyl (C=O) groups is 1. The van der Waals surface area contributed by atoms with Crippen LogP contribution in [-0.2, 0) is 9.53 Å². The van der Waals surface area contributed by atoms with E-state index in [1.54, 1.807) is 0 Å². The molecular formula is C3H5O4+. The average molecular weight is 105 g/mol. The molecule has 4 heteroatoms. The highest BCUT2D eigenvalue weighted by Gasteiger charge is 1.98. The number of aliphatic carboxylic acids is 1. The van der Waals surface area contributed by atoms with Crippen LogP contribution in [0.3, 0.4) is 0 Å². The van der Waals surface area contributed by atoms with Gasteiger partial charge in [0.15, 0.2) is 0 Å². The minimum absolute atomic E-state index is 0.341. The normalized spacial score (nSPS) is 7.43. The second-order valence-corrected chi connectivity index (χ2v) is 0.810. The highest BCUT2D eigenvalue weighted by atomic mass is 16.5. The molecule has 7 heavy (non-hydrogen) atoms. The van der Waals surface area contributed by atoms with Crippen molar-refractivity contribution in [2.75, 3.05) is 6.61 Å². The molecule has 0 heterocycles. The van der Waals surface area contributed by atoms with Crippen LogP contribution in [-0.4, -0.2) is 28.9 Å². The first-order valence-electron chi connectivity index (χ1n) is 1.56. The van der Waals surface area contributed by atoms with Crippen molar-refractivity contribution in [3.8, 4) is 0 Å². The van der Waals surface area contributed by atoms with Crippen molar-refractivity contribution >= 4 is 12.4 Å². The Balaban J connectivity index is 2.97. The molecule has 4 nitrogen and oxygen atoms in total. The first-order chi connectivity index (χ1) is 3.27. The highest BCUT2D eigenvalue weighted by molar-refractivity contribution is 5.69. The van der Waals surface area contributed by atoms with Crippen LogP contribution in [0.4, 0.5) is 0 Å². The molecule has 0 aromatic carbocycles. The molecule has 0 aromatic rings. The average Bonchev–Trinajstić information content (AvgIpc) is 1.61. The smallest absolute Gasteiger partial charge is 0.471 e. The minimum Gasteiger partial charge on any atom is -0.477 e. The maximum absolute atomic E-state index is 9.50. The van der Waals surface area contributed by atoms with Crippen molar-refractivity contribution < 1.29 is 19.4 Å². The third-order valence-corrected chi connectivity index (χ3v) is 0.281. The lowest BCUT2D eigenvalue weighted by Gasteiger charge is -1.77. The number of rotatable bonds is 3. The van der Waals surface area contributed by atoms with Crippen LogP contribution >= 0.6 is 0 Å². The Bertz CT molecular complexity index is 77.0. The summed E-state index contributed by atoms with van der Waals surface area (Å²) in [6, 6.07) is 0. The van der Waals surface area contributed by atoms with Gasteiger partial charge in [0.2, 0.25) is 0 Å². The van der Waals surface area contributed by atoms with Crippen LogP contribution in [0.1, 0.15) is 0 Å². The van der Waals surface area contributed by atoms with E-state index in [4.69, 9.17) is 9.90 Å². The van der Waals surface area contributed by atoms with Crippen LogP contribution in [0.5, 0.6) is 0 Å². The van der Waals surface area contributed by atoms with Crippen molar-refractivity contribution in [2.24, 2.45) is 0 Å². The minimum atomic E-state index is -1.11. The van der Waals surface area contributed by atoms with Crippen molar-refractivity contribution in [1.82, 2.24) is 0 Å². The molecule has 0 fully saturated rings. The summed E-state index contributed by atoms with van der Waals surface area (Å²) in [5.41, 5.74) is 0. The topological polar surface area (TPSA) is 67.9 Å². The molecule has 0 unspecified atom stereocenters. The Kier molecular flexibility index (Phi) is 2.67. The van der Waals surface area contributed by atoms with E-state index in [1.165, 1.54) is 0 Å². The van der Waals surface area contributed by atoms with Gasteiger partial charge < -0.3 is 14.6 Å². The molecule has 2 N–H and O–H groups in total. The van der Waals surface area contributed by atoms with Gasteiger partial charge in [-0.15, -0.1) is 0 Å². The summed E-state index contributed by atoms with van der Waals surface area (Å²) in [4.78, 5) is 17.2. The lowest BCUT2D eigenvalue weighted by atomic mass is 10.8. The van der Waals surface area contributed by atoms with Crippen LogP contribution in [0, 0.1) is 0 Å². The van der Waals surface area contributed by atoms with E-state index in [0.717, 1.165) is 0 Å². The molecule has 40 valence electrons. The van der Waals surface area contributed by atoms with E-state index in [-0.39, 0.29) is 0 Å². The Hall–Kier alpha value is -1.06. The van der Waals surface area contributed by atoms with Crippen LogP contribution in [0.25, 0.3) is 0 Å². The van der Waals surface area contributed by atoms with Gasteiger partial charge in [0, 0.05) is 0 Å². The predicted molar refractivity (Wildman–Crippen MR) is 21.6 cm³/mol. The molecule has 0 rings (SSSR count). The number of carboxylic acid groups (broad SMARTS) is 1. The van der Waals surface area contributed by atoms with Crippen LogP contribution in [0.15, 0.2) is 0 Å². The van der Waals surface area contributed by atoms with Gasteiger partial charge in [-0.1, -0.05) is 0 Å². The second kappa shape index (κ2) is 3.14. The zero-order valence-electron chi connectivity index (χ0n) is 3.50. The number of carbonyl (C=O) groups excluding carboxylic acids is 1. The van der Waals surface area contributed by atoms with Gasteiger partial charge in [-0.3, -0.25) is 0 Å². The molecule has 0 saturated carbocycles. The number of hydrogen-bond donors (Lipinski definition) is 1. The second-order valence-electron chi connectivity index (χ2n) is 0.810. The molecule has 0 aliphatic heterocycles. The first kappa shape index (κ1) is 5.94. The van der Waals surface area contributed by atoms with Gasteiger partial charge in [-0.05, 0) is 0 Å². The summed E-state index contributed by atoms with van der Waals surface area (Å²) in [5.74, 6) is -1.11. The largest absolute Gasteiger partial charge is 0.477 e. The van der Waals surface area contributed by atoms with Gasteiger partial charge in [-0.25, -0.2) is 4.79 Å². The number of ether oxygens (including phenoxy) is 1. The summed E-state index contributed by atoms with van der Waals surface area (Å²) in [5, 5.41) is 7.79. The van der Waals surface area contributed by atoms with Crippen molar-refractivity contribution in [1.29, 1.82) is 0 Å². The first-order valence-corrected chi connectivity index (χ1v) is 1.56. The van der Waals surface area contributed by atoms with E-state index in [1.807, 2.05) is 0 Å². The summed E-state index contributed by atoms with van der Waals surface area (Å²) in [6.07, 6.45) is 0. The lowest BCUT2D eigenvalue weighted by Crippen LogP contribution is -2.04. The molecule has 0 amide bonds. The zero-order chi connectivity index (χ0) is 5.70. The third kappa shape index (κ3) is 4.94. The SMILES string of the molecule is O=C(O)COC=[OH+]. The summed E-state index contributed by atoms with van der Waals surface area (Å²) in [7, 11) is 0. The van der Waals surface area contributed by atoms with E-state index in [2.05, 4.69) is 4.74 Å². The van der Waals surface area contributed by atoms with E-state index < -0.39 is 12.6 Å². The van der Waals surface area contributed by atoms with Crippen molar-refractivity contribution in [3.63, 3.8) is 0 Å². The Morgan fingerprint density at radius 3 is 2.71 bits per heavy atom. The van der Waals surface area contributed by atoms with Gasteiger partial charge in [0.05, 0.1) is 0 Å². The lowest BCUT2D eigenvalue weighted by molar-refractivity contribution is -0.139. The Morgan fingerprint density at radius 2 is 2.57 bits per heavy atom. The summed E-state index contributed by atoms with van der Waals surface area (Å²) >= 11 is 0. The number of carboxylic acids is 1. The molecule has 0 radical (unpaired) electrons. The molecule has 0 aliphatic carbocycles. The van der Waals surface area contributed by atoms with E-state index in [0.29, 0.717) is 6.47 Å². The molecular weight excluding hydrogens is 100 g/mol. The van der Waals surface area contributed by atoms with Gasteiger partial charge in [0.1, 0.15) is 0 Å². The van der Waals surface area contributed by atoms with Crippen molar-refractivity contribution in [2.45, 2.75) is 0 Å².